The van der Waals surface area contributed by atoms with E-state index in [0.717, 1.165) is 4.57 Å². The van der Waals surface area contributed by atoms with Gasteiger partial charge in [0.25, 0.3) is 5.56 Å². The molecule has 18 heavy (non-hydrogen) atoms. The van der Waals surface area contributed by atoms with Crippen molar-refractivity contribution >= 4 is 17.2 Å². The molecule has 0 unspecified atom stereocenters. The number of thiocarbonyl (C=S) groups is 1. The van der Waals surface area contributed by atoms with E-state index >= 15 is 0 Å². The predicted octanol–water partition coefficient (Wildman–Crippen LogP) is 1.32. The number of aryl methyl sites for hydroxylation is 1. The van der Waals surface area contributed by atoms with E-state index in [1.165, 1.54) is 6.20 Å². The van der Waals surface area contributed by atoms with Crippen molar-refractivity contribution in [2.75, 3.05) is 0 Å². The number of aromatic amines is 1. The molecule has 1 aromatic heterocycles. The minimum absolute atomic E-state index is 0.220. The Morgan fingerprint density at radius 2 is 1.94 bits per heavy atom. The van der Waals surface area contributed by atoms with E-state index in [4.69, 9.17) is 12.2 Å². The van der Waals surface area contributed by atoms with Gasteiger partial charge in [-0.05, 0) is 6.42 Å². The largest absolute Gasteiger partial charge is 0.333 e. The Hall–Kier alpha value is -2.01. The lowest BCUT2D eigenvalue weighted by molar-refractivity contribution is 0.887. The summed E-state index contributed by atoms with van der Waals surface area (Å²) in [6.07, 6.45) is 1.99. The van der Waals surface area contributed by atoms with Crippen LogP contribution in [-0.4, -0.2) is 14.5 Å². The number of hydrogen-bond donors (Lipinski definition) is 1. The zero-order valence-electron chi connectivity index (χ0n) is 9.84. The molecular formula is C13H12N2O2S. The van der Waals surface area contributed by atoms with Gasteiger partial charge in [-0.25, -0.2) is 9.36 Å². The summed E-state index contributed by atoms with van der Waals surface area (Å²) in [6, 6.07) is 9.01. The van der Waals surface area contributed by atoms with Crippen LogP contribution in [0.5, 0.6) is 0 Å². The van der Waals surface area contributed by atoms with E-state index in [0.29, 0.717) is 17.5 Å². The Labute approximate surface area is 109 Å². The number of nitrogens with one attached hydrogen (secondary N) is 1. The zero-order chi connectivity index (χ0) is 13.1. The number of nitrogens with zero attached hydrogens (tertiary/aromatic N) is 1. The number of H-pyrrole nitrogens is 1. The highest BCUT2D eigenvalue weighted by molar-refractivity contribution is 7.80. The fourth-order valence-corrected chi connectivity index (χ4v) is 1.96. The molecule has 0 radical (unpaired) electrons. The van der Waals surface area contributed by atoms with Gasteiger partial charge in [-0.2, -0.15) is 0 Å². The molecule has 0 saturated carbocycles. The normalized spacial score (nSPS) is 10.3. The van der Waals surface area contributed by atoms with Gasteiger partial charge in [-0.15, -0.1) is 0 Å². The van der Waals surface area contributed by atoms with Crippen LogP contribution in [0.3, 0.4) is 0 Å². The standard InChI is InChI=1S/C13H12N2O2S/c1-2-9-8-14-13(17)15(11(9)16)12(18)10-6-4-3-5-7-10/h3-8H,2H2,1H3,(H,14,17). The SMILES string of the molecule is CCc1c[nH]c(=O)n(C(=S)c2ccccc2)c1=O. The molecule has 92 valence electrons. The monoisotopic (exact) mass is 260 g/mol. The molecule has 2 rings (SSSR count). The van der Waals surface area contributed by atoms with Crippen molar-refractivity contribution in [2.24, 2.45) is 0 Å². The second-order valence-electron chi connectivity index (χ2n) is 3.78. The second kappa shape index (κ2) is 5.10. The summed E-state index contributed by atoms with van der Waals surface area (Å²) in [5.74, 6) is 0. The lowest BCUT2D eigenvalue weighted by Gasteiger charge is -2.07. The van der Waals surface area contributed by atoms with Crippen LogP contribution < -0.4 is 11.2 Å². The molecule has 1 aromatic carbocycles. The van der Waals surface area contributed by atoms with Gasteiger partial charge < -0.3 is 4.98 Å². The topological polar surface area (TPSA) is 54.9 Å². The maximum absolute atomic E-state index is 12.1. The van der Waals surface area contributed by atoms with Crippen LogP contribution in [0.15, 0.2) is 46.1 Å². The molecule has 0 bridgehead atoms. The highest BCUT2D eigenvalue weighted by atomic mass is 32.1. The Kier molecular flexibility index (Phi) is 3.53. The van der Waals surface area contributed by atoms with Crippen LogP contribution in [0, 0.1) is 0 Å². The van der Waals surface area contributed by atoms with Crippen LogP contribution in [0.2, 0.25) is 0 Å². The highest BCUT2D eigenvalue weighted by Gasteiger charge is 2.11. The zero-order valence-corrected chi connectivity index (χ0v) is 10.7. The third-order valence-electron chi connectivity index (χ3n) is 2.66. The molecule has 1 N–H and O–H groups in total. The summed E-state index contributed by atoms with van der Waals surface area (Å²) in [5, 5.41) is 0. The van der Waals surface area contributed by atoms with Crippen LogP contribution in [0.4, 0.5) is 0 Å². The van der Waals surface area contributed by atoms with Crippen molar-refractivity contribution in [3.63, 3.8) is 0 Å². The third kappa shape index (κ3) is 2.17. The fraction of sp³-hybridized carbons (Fsp3) is 0.154. The van der Waals surface area contributed by atoms with Crippen molar-refractivity contribution in [3.8, 4) is 0 Å². The first-order chi connectivity index (χ1) is 8.65. The van der Waals surface area contributed by atoms with Gasteiger partial charge in [0.2, 0.25) is 0 Å². The smallest absolute Gasteiger partial charge is 0.313 e. The second-order valence-corrected chi connectivity index (χ2v) is 4.17. The number of benzene rings is 1. The van der Waals surface area contributed by atoms with Gasteiger partial charge in [0.1, 0.15) is 4.99 Å². The van der Waals surface area contributed by atoms with Gasteiger partial charge in [-0.3, -0.25) is 4.79 Å². The molecule has 4 nitrogen and oxygen atoms in total. The average molecular weight is 260 g/mol. The Morgan fingerprint density at radius 1 is 1.28 bits per heavy atom. The Balaban J connectivity index is 2.63. The van der Waals surface area contributed by atoms with E-state index in [-0.39, 0.29) is 10.5 Å². The molecule has 1 heterocycles. The van der Waals surface area contributed by atoms with Gasteiger partial charge >= 0.3 is 5.69 Å². The first-order valence-corrected chi connectivity index (χ1v) is 5.99. The van der Waals surface area contributed by atoms with Crippen LogP contribution in [-0.2, 0) is 6.42 Å². The molecule has 0 amide bonds. The first-order valence-electron chi connectivity index (χ1n) is 5.58. The molecule has 2 aromatic rings. The molecule has 0 spiro atoms. The predicted molar refractivity (Wildman–Crippen MR) is 74.2 cm³/mol. The summed E-state index contributed by atoms with van der Waals surface area (Å²) in [7, 11) is 0. The molecule has 0 saturated heterocycles. The summed E-state index contributed by atoms with van der Waals surface area (Å²) in [4.78, 5) is 26.6. The average Bonchev–Trinajstić information content (AvgIpc) is 2.40. The van der Waals surface area contributed by atoms with Crippen LogP contribution in [0.25, 0.3) is 0 Å². The highest BCUT2D eigenvalue weighted by Crippen LogP contribution is 2.01. The van der Waals surface area contributed by atoms with Crippen molar-refractivity contribution in [2.45, 2.75) is 13.3 Å². The lowest BCUT2D eigenvalue weighted by Crippen LogP contribution is -2.40. The summed E-state index contributed by atoms with van der Waals surface area (Å²) >= 11 is 5.21. The molecule has 0 fully saturated rings. The Morgan fingerprint density at radius 3 is 2.56 bits per heavy atom. The Bertz CT molecular complexity index is 686. The molecule has 5 heteroatoms. The fourth-order valence-electron chi connectivity index (χ4n) is 1.66. The number of rotatable bonds is 2. The molecule has 0 aliphatic heterocycles. The van der Waals surface area contributed by atoms with Crippen molar-refractivity contribution in [1.29, 1.82) is 0 Å². The lowest BCUT2D eigenvalue weighted by atomic mass is 10.2. The molecule has 0 atom stereocenters. The minimum atomic E-state index is -0.508. The minimum Gasteiger partial charge on any atom is -0.313 e. The van der Waals surface area contributed by atoms with Crippen molar-refractivity contribution < 1.29 is 0 Å². The van der Waals surface area contributed by atoms with Crippen molar-refractivity contribution in [3.05, 3.63) is 68.5 Å². The quantitative estimate of drug-likeness (QED) is 0.829. The van der Waals surface area contributed by atoms with Gasteiger partial charge in [0.05, 0.1) is 0 Å². The van der Waals surface area contributed by atoms with E-state index in [9.17, 15) is 9.59 Å². The number of hydrogen-bond acceptors (Lipinski definition) is 3. The van der Waals surface area contributed by atoms with E-state index in [1.54, 1.807) is 12.1 Å². The van der Waals surface area contributed by atoms with Crippen LogP contribution in [0.1, 0.15) is 18.1 Å². The van der Waals surface area contributed by atoms with Gasteiger partial charge in [0.15, 0.2) is 0 Å². The molecule has 0 aliphatic rings. The van der Waals surface area contributed by atoms with Crippen molar-refractivity contribution in [1.82, 2.24) is 9.55 Å². The molecular weight excluding hydrogens is 248 g/mol. The summed E-state index contributed by atoms with van der Waals surface area (Å²) in [6.45, 7) is 1.85. The maximum atomic E-state index is 12.1. The van der Waals surface area contributed by atoms with Gasteiger partial charge in [0, 0.05) is 17.3 Å². The number of aromatic nitrogens is 2. The van der Waals surface area contributed by atoms with E-state index in [1.807, 2.05) is 25.1 Å². The van der Waals surface area contributed by atoms with E-state index in [2.05, 4.69) is 4.98 Å². The molecule has 0 aliphatic carbocycles. The third-order valence-corrected chi connectivity index (χ3v) is 3.07. The van der Waals surface area contributed by atoms with Crippen LogP contribution >= 0.6 is 12.2 Å². The van der Waals surface area contributed by atoms with E-state index < -0.39 is 5.69 Å². The summed E-state index contributed by atoms with van der Waals surface area (Å²) in [5.41, 5.74) is 0.349. The summed E-state index contributed by atoms with van der Waals surface area (Å²) < 4.78 is 1.00. The maximum Gasteiger partial charge on any atom is 0.333 e. The first kappa shape index (κ1) is 12.4. The van der Waals surface area contributed by atoms with Gasteiger partial charge in [-0.1, -0.05) is 49.5 Å².